The average Bonchev–Trinajstić information content (AvgIpc) is 2.32. The highest BCUT2D eigenvalue weighted by Crippen LogP contribution is 2.53. The van der Waals surface area contributed by atoms with Gasteiger partial charge in [0, 0.05) is 17.5 Å². The van der Waals surface area contributed by atoms with Crippen LogP contribution in [0.25, 0.3) is 0 Å². The smallest absolute Gasteiger partial charge is 0.119 e. The molecule has 1 fully saturated rings. The maximum Gasteiger partial charge on any atom is 0.119 e. The number of hydrogen-bond donors (Lipinski definition) is 3. The van der Waals surface area contributed by atoms with E-state index in [0.717, 1.165) is 30.4 Å². The Balaban J connectivity index is 2.11. The first kappa shape index (κ1) is 12.8. The molecule has 0 heterocycles. The Labute approximate surface area is 113 Å². The summed E-state index contributed by atoms with van der Waals surface area (Å²) in [5.41, 5.74) is 0.893. The molecule has 2 aliphatic carbocycles. The lowest BCUT2D eigenvalue weighted by Gasteiger charge is -2.52. The van der Waals surface area contributed by atoms with E-state index >= 15 is 0 Å². The van der Waals surface area contributed by atoms with E-state index in [1.54, 1.807) is 6.07 Å². The maximum absolute atomic E-state index is 11.0. The Morgan fingerprint density at radius 2 is 1.68 bits per heavy atom. The van der Waals surface area contributed by atoms with Crippen molar-refractivity contribution in [1.29, 1.82) is 0 Å². The SMILES string of the molecule is CC1(C)CCCC2(O)Cc3c(O)ccc(O)c3CC12. The second kappa shape index (κ2) is 3.89. The molecule has 0 spiro atoms. The van der Waals surface area contributed by atoms with Gasteiger partial charge in [0.25, 0.3) is 0 Å². The van der Waals surface area contributed by atoms with Crippen molar-refractivity contribution in [3.05, 3.63) is 23.3 Å². The molecule has 2 aliphatic rings. The van der Waals surface area contributed by atoms with Gasteiger partial charge in [-0.2, -0.15) is 0 Å². The lowest BCUT2D eigenvalue weighted by molar-refractivity contribution is -0.107. The van der Waals surface area contributed by atoms with Crippen molar-refractivity contribution in [2.24, 2.45) is 11.3 Å². The highest BCUT2D eigenvalue weighted by Gasteiger charge is 2.51. The van der Waals surface area contributed by atoms with Crippen LogP contribution in [0, 0.1) is 11.3 Å². The molecule has 1 saturated carbocycles. The predicted molar refractivity (Wildman–Crippen MR) is 73.3 cm³/mol. The molecule has 0 radical (unpaired) electrons. The second-order valence-corrected chi connectivity index (χ2v) is 6.94. The molecule has 2 atom stereocenters. The number of phenols is 2. The van der Waals surface area contributed by atoms with Gasteiger partial charge in [-0.25, -0.2) is 0 Å². The van der Waals surface area contributed by atoms with Crippen molar-refractivity contribution >= 4 is 0 Å². The van der Waals surface area contributed by atoms with Gasteiger partial charge in [0.05, 0.1) is 5.60 Å². The van der Waals surface area contributed by atoms with Crippen LogP contribution in [0.15, 0.2) is 12.1 Å². The molecule has 1 aromatic carbocycles. The topological polar surface area (TPSA) is 60.7 Å². The minimum atomic E-state index is -0.736. The van der Waals surface area contributed by atoms with Crippen LogP contribution < -0.4 is 0 Å². The van der Waals surface area contributed by atoms with Crippen molar-refractivity contribution in [1.82, 2.24) is 0 Å². The van der Waals surface area contributed by atoms with Crippen LogP contribution in [-0.4, -0.2) is 20.9 Å². The zero-order valence-corrected chi connectivity index (χ0v) is 11.6. The van der Waals surface area contributed by atoms with E-state index < -0.39 is 5.60 Å². The molecule has 104 valence electrons. The highest BCUT2D eigenvalue weighted by atomic mass is 16.3. The Bertz CT molecular complexity index is 521. The minimum absolute atomic E-state index is 0.0720. The zero-order valence-electron chi connectivity index (χ0n) is 11.6. The molecule has 3 N–H and O–H groups in total. The first-order chi connectivity index (χ1) is 8.83. The quantitative estimate of drug-likeness (QED) is 0.630. The number of benzene rings is 1. The molecule has 3 nitrogen and oxygen atoms in total. The summed E-state index contributed by atoms with van der Waals surface area (Å²) in [6, 6.07) is 3.07. The number of aliphatic hydroxyl groups is 1. The third-order valence-corrected chi connectivity index (χ3v) is 5.30. The number of aromatic hydroxyl groups is 2. The molecule has 3 heteroatoms. The van der Waals surface area contributed by atoms with E-state index in [-0.39, 0.29) is 22.8 Å². The van der Waals surface area contributed by atoms with Gasteiger partial charge < -0.3 is 15.3 Å². The largest absolute Gasteiger partial charge is 0.508 e. The fourth-order valence-corrected chi connectivity index (χ4v) is 4.21. The summed E-state index contributed by atoms with van der Waals surface area (Å²) in [7, 11) is 0. The fraction of sp³-hybridized carbons (Fsp3) is 0.625. The van der Waals surface area contributed by atoms with Gasteiger partial charge >= 0.3 is 0 Å². The summed E-state index contributed by atoms with van der Waals surface area (Å²) >= 11 is 0. The van der Waals surface area contributed by atoms with Gasteiger partial charge in [-0.15, -0.1) is 0 Å². The lowest BCUT2D eigenvalue weighted by Crippen LogP contribution is -2.53. The van der Waals surface area contributed by atoms with E-state index in [9.17, 15) is 15.3 Å². The molecular weight excluding hydrogens is 240 g/mol. The van der Waals surface area contributed by atoms with E-state index in [0.29, 0.717) is 12.8 Å². The van der Waals surface area contributed by atoms with Crippen LogP contribution >= 0.6 is 0 Å². The zero-order chi connectivity index (χ0) is 13.8. The highest BCUT2D eigenvalue weighted by molar-refractivity contribution is 5.50. The van der Waals surface area contributed by atoms with Gasteiger partial charge in [-0.1, -0.05) is 20.3 Å². The van der Waals surface area contributed by atoms with Crippen molar-refractivity contribution in [2.45, 2.75) is 51.6 Å². The fourth-order valence-electron chi connectivity index (χ4n) is 4.21. The molecule has 19 heavy (non-hydrogen) atoms. The molecule has 0 saturated heterocycles. The van der Waals surface area contributed by atoms with E-state index in [4.69, 9.17) is 0 Å². The van der Waals surface area contributed by atoms with Gasteiger partial charge in [0.2, 0.25) is 0 Å². The lowest BCUT2D eigenvalue weighted by atomic mass is 9.55. The maximum atomic E-state index is 11.0. The van der Waals surface area contributed by atoms with Crippen LogP contribution in [0.1, 0.15) is 44.2 Å². The molecular formula is C16H22O3. The summed E-state index contributed by atoms with van der Waals surface area (Å²) in [6.07, 6.45) is 4.02. The molecule has 0 bridgehead atoms. The van der Waals surface area contributed by atoms with Gasteiger partial charge in [0.15, 0.2) is 0 Å². The Morgan fingerprint density at radius 3 is 2.37 bits per heavy atom. The molecule has 0 amide bonds. The van der Waals surface area contributed by atoms with E-state index in [2.05, 4.69) is 13.8 Å². The normalized spacial score (nSPS) is 32.5. The Hall–Kier alpha value is -1.22. The van der Waals surface area contributed by atoms with Crippen molar-refractivity contribution in [3.63, 3.8) is 0 Å². The van der Waals surface area contributed by atoms with Crippen molar-refractivity contribution in [3.8, 4) is 11.5 Å². The molecule has 0 aliphatic heterocycles. The number of fused-ring (bicyclic) bond motifs is 2. The predicted octanol–water partition coefficient (Wildman–Crippen LogP) is 2.75. The summed E-state index contributed by atoms with van der Waals surface area (Å²) in [6.45, 7) is 4.40. The van der Waals surface area contributed by atoms with Gasteiger partial charge in [-0.05, 0) is 42.7 Å². The number of hydrogen-bond acceptors (Lipinski definition) is 3. The summed E-state index contributed by atoms with van der Waals surface area (Å²) in [4.78, 5) is 0. The Morgan fingerprint density at radius 1 is 1.05 bits per heavy atom. The standard InChI is InChI=1S/C16H22O3/c1-15(2)6-3-7-16(19)9-11-10(8-14(15)16)12(17)4-5-13(11)18/h4-5,14,17-19H,3,6-9H2,1-2H3. The third-order valence-electron chi connectivity index (χ3n) is 5.30. The first-order valence-corrected chi connectivity index (χ1v) is 7.08. The summed E-state index contributed by atoms with van der Waals surface area (Å²) in [5, 5.41) is 31.0. The monoisotopic (exact) mass is 262 g/mol. The van der Waals surface area contributed by atoms with Crippen molar-refractivity contribution in [2.75, 3.05) is 0 Å². The van der Waals surface area contributed by atoms with Crippen LogP contribution in [0.4, 0.5) is 0 Å². The number of phenolic OH excluding ortho intramolecular Hbond substituents is 2. The average molecular weight is 262 g/mol. The van der Waals surface area contributed by atoms with Crippen LogP contribution in [0.3, 0.4) is 0 Å². The molecule has 2 unspecified atom stereocenters. The van der Waals surface area contributed by atoms with Gasteiger partial charge in [-0.3, -0.25) is 0 Å². The Kier molecular flexibility index (Phi) is 2.62. The van der Waals surface area contributed by atoms with Gasteiger partial charge in [0.1, 0.15) is 11.5 Å². The van der Waals surface area contributed by atoms with Crippen LogP contribution in [0.5, 0.6) is 11.5 Å². The summed E-state index contributed by atoms with van der Waals surface area (Å²) in [5.74, 6) is 0.591. The van der Waals surface area contributed by atoms with Crippen molar-refractivity contribution < 1.29 is 15.3 Å². The van der Waals surface area contributed by atoms with Crippen LogP contribution in [0.2, 0.25) is 0 Å². The first-order valence-electron chi connectivity index (χ1n) is 7.08. The minimum Gasteiger partial charge on any atom is -0.508 e. The molecule has 0 aromatic heterocycles. The summed E-state index contributed by atoms with van der Waals surface area (Å²) < 4.78 is 0. The molecule has 3 rings (SSSR count). The molecule has 1 aromatic rings. The second-order valence-electron chi connectivity index (χ2n) is 6.94. The van der Waals surface area contributed by atoms with Crippen LogP contribution in [-0.2, 0) is 12.8 Å². The number of rotatable bonds is 0. The van der Waals surface area contributed by atoms with E-state index in [1.807, 2.05) is 0 Å². The third kappa shape index (κ3) is 1.83. The van der Waals surface area contributed by atoms with E-state index in [1.165, 1.54) is 6.07 Å².